The molecular weight excluding hydrogens is 230 g/mol. The van der Waals surface area contributed by atoms with Crippen LogP contribution in [0.1, 0.15) is 29.8 Å². The number of rotatable bonds is 5. The molecule has 0 spiro atoms. The second-order valence-corrected chi connectivity index (χ2v) is 5.73. The molecule has 0 unspecified atom stereocenters. The lowest BCUT2D eigenvalue weighted by atomic mass is 10.1. The molecule has 1 aliphatic rings. The van der Waals surface area contributed by atoms with E-state index in [9.17, 15) is 4.79 Å². The smallest absolute Gasteiger partial charge is 0.159 e. The molecule has 3 heteroatoms. The Morgan fingerprint density at radius 1 is 1.47 bits per heavy atom. The van der Waals surface area contributed by atoms with Gasteiger partial charge in [-0.05, 0) is 42.9 Å². The van der Waals surface area contributed by atoms with Gasteiger partial charge >= 0.3 is 0 Å². The summed E-state index contributed by atoms with van der Waals surface area (Å²) < 4.78 is 0. The number of ketones is 1. The molecule has 92 valence electrons. The SMILES string of the molecule is CCSCCN1CCc2cc(C(C)=O)ccc21. The molecule has 0 saturated heterocycles. The highest BCUT2D eigenvalue weighted by molar-refractivity contribution is 7.99. The number of thioether (sulfide) groups is 1. The molecule has 0 N–H and O–H groups in total. The molecule has 0 atom stereocenters. The largest absolute Gasteiger partial charge is 0.370 e. The van der Waals surface area contributed by atoms with Gasteiger partial charge in [-0.3, -0.25) is 4.79 Å². The first-order chi connectivity index (χ1) is 8.22. The first-order valence-corrected chi connectivity index (χ1v) is 7.34. The summed E-state index contributed by atoms with van der Waals surface area (Å²) >= 11 is 1.98. The Labute approximate surface area is 107 Å². The Kier molecular flexibility index (Phi) is 4.11. The van der Waals surface area contributed by atoms with Crippen LogP contribution < -0.4 is 4.90 Å². The van der Waals surface area contributed by atoms with Crippen molar-refractivity contribution in [3.63, 3.8) is 0 Å². The molecule has 0 amide bonds. The topological polar surface area (TPSA) is 20.3 Å². The number of hydrogen-bond acceptors (Lipinski definition) is 3. The average molecular weight is 249 g/mol. The van der Waals surface area contributed by atoms with Gasteiger partial charge in [0.15, 0.2) is 5.78 Å². The summed E-state index contributed by atoms with van der Waals surface area (Å²) in [4.78, 5) is 13.8. The summed E-state index contributed by atoms with van der Waals surface area (Å²) in [6, 6.07) is 6.12. The Bertz CT molecular complexity index is 417. The Morgan fingerprint density at radius 3 is 3.00 bits per heavy atom. The third kappa shape index (κ3) is 2.83. The van der Waals surface area contributed by atoms with Crippen molar-refractivity contribution in [3.8, 4) is 0 Å². The van der Waals surface area contributed by atoms with Gasteiger partial charge in [-0.15, -0.1) is 0 Å². The maximum Gasteiger partial charge on any atom is 0.159 e. The van der Waals surface area contributed by atoms with Crippen LogP contribution in [0.3, 0.4) is 0 Å². The molecule has 0 saturated carbocycles. The van der Waals surface area contributed by atoms with Crippen molar-refractivity contribution in [2.75, 3.05) is 29.5 Å². The van der Waals surface area contributed by atoms with Crippen LogP contribution in [0, 0.1) is 0 Å². The van der Waals surface area contributed by atoms with Crippen molar-refractivity contribution >= 4 is 23.2 Å². The molecule has 1 heterocycles. The predicted octanol–water partition coefficient (Wildman–Crippen LogP) is 3.00. The number of carbonyl (C=O) groups excluding carboxylic acids is 1. The predicted molar refractivity (Wildman–Crippen MR) is 75.4 cm³/mol. The van der Waals surface area contributed by atoms with E-state index in [1.807, 2.05) is 17.8 Å². The molecule has 1 aromatic carbocycles. The third-order valence-electron chi connectivity index (χ3n) is 3.19. The van der Waals surface area contributed by atoms with Gasteiger partial charge in [0, 0.05) is 30.1 Å². The van der Waals surface area contributed by atoms with E-state index in [0.29, 0.717) is 0 Å². The monoisotopic (exact) mass is 249 g/mol. The normalized spacial score (nSPS) is 13.9. The summed E-state index contributed by atoms with van der Waals surface area (Å²) in [5.74, 6) is 2.53. The lowest BCUT2D eigenvalue weighted by molar-refractivity contribution is 0.101. The Balaban J connectivity index is 2.08. The molecule has 0 aromatic heterocycles. The van der Waals surface area contributed by atoms with Gasteiger partial charge in [-0.25, -0.2) is 0 Å². The van der Waals surface area contributed by atoms with Crippen molar-refractivity contribution in [2.24, 2.45) is 0 Å². The summed E-state index contributed by atoms with van der Waals surface area (Å²) in [7, 11) is 0. The van der Waals surface area contributed by atoms with E-state index >= 15 is 0 Å². The molecule has 17 heavy (non-hydrogen) atoms. The number of anilines is 1. The number of hydrogen-bond donors (Lipinski definition) is 0. The van der Waals surface area contributed by atoms with Crippen LogP contribution in [0.25, 0.3) is 0 Å². The number of fused-ring (bicyclic) bond motifs is 1. The highest BCUT2D eigenvalue weighted by Crippen LogP contribution is 2.29. The van der Waals surface area contributed by atoms with Crippen molar-refractivity contribution in [3.05, 3.63) is 29.3 Å². The van der Waals surface area contributed by atoms with Crippen LogP contribution in [0.5, 0.6) is 0 Å². The fourth-order valence-corrected chi connectivity index (χ4v) is 2.88. The highest BCUT2D eigenvalue weighted by Gasteiger charge is 2.19. The van der Waals surface area contributed by atoms with Gasteiger partial charge in [0.25, 0.3) is 0 Å². The van der Waals surface area contributed by atoms with Gasteiger partial charge in [-0.1, -0.05) is 6.92 Å². The molecule has 0 fully saturated rings. The number of carbonyl (C=O) groups is 1. The van der Waals surface area contributed by atoms with Crippen LogP contribution in [0.4, 0.5) is 5.69 Å². The van der Waals surface area contributed by atoms with Crippen LogP contribution in [-0.2, 0) is 6.42 Å². The van der Waals surface area contributed by atoms with Crippen molar-refractivity contribution in [1.82, 2.24) is 0 Å². The van der Waals surface area contributed by atoms with E-state index in [-0.39, 0.29) is 5.78 Å². The lowest BCUT2D eigenvalue weighted by Crippen LogP contribution is -2.23. The minimum atomic E-state index is 0.160. The summed E-state index contributed by atoms with van der Waals surface area (Å²) in [6.07, 6.45) is 1.08. The van der Waals surface area contributed by atoms with Crippen LogP contribution in [-0.4, -0.2) is 30.4 Å². The van der Waals surface area contributed by atoms with Gasteiger partial charge in [0.2, 0.25) is 0 Å². The lowest BCUT2D eigenvalue weighted by Gasteiger charge is -2.19. The summed E-state index contributed by atoms with van der Waals surface area (Å²) in [6.45, 7) is 6.04. The molecule has 1 aromatic rings. The average Bonchev–Trinajstić information content (AvgIpc) is 2.72. The maximum absolute atomic E-state index is 11.3. The third-order valence-corrected chi connectivity index (χ3v) is 4.07. The van der Waals surface area contributed by atoms with E-state index in [1.165, 1.54) is 22.8 Å². The fourth-order valence-electron chi connectivity index (χ4n) is 2.24. The molecule has 0 radical (unpaired) electrons. The van der Waals surface area contributed by atoms with E-state index < -0.39 is 0 Å². The van der Waals surface area contributed by atoms with Gasteiger partial charge in [0.05, 0.1) is 0 Å². The molecular formula is C14H19NOS. The quantitative estimate of drug-likeness (QED) is 0.591. The number of nitrogens with zero attached hydrogens (tertiary/aromatic N) is 1. The number of Topliss-reactive ketones (excluding diaryl/α,β-unsaturated/α-hetero) is 1. The van der Waals surface area contributed by atoms with Crippen LogP contribution in [0.15, 0.2) is 18.2 Å². The van der Waals surface area contributed by atoms with Gasteiger partial charge in [0.1, 0.15) is 0 Å². The Hall–Kier alpha value is -0.960. The van der Waals surface area contributed by atoms with Crippen LogP contribution in [0.2, 0.25) is 0 Å². The highest BCUT2D eigenvalue weighted by atomic mass is 32.2. The zero-order valence-corrected chi connectivity index (χ0v) is 11.3. The first kappa shape index (κ1) is 12.5. The number of benzene rings is 1. The second-order valence-electron chi connectivity index (χ2n) is 4.33. The zero-order chi connectivity index (χ0) is 12.3. The first-order valence-electron chi connectivity index (χ1n) is 6.19. The molecule has 2 rings (SSSR count). The Morgan fingerprint density at radius 2 is 2.29 bits per heavy atom. The summed E-state index contributed by atoms with van der Waals surface area (Å²) in [5, 5.41) is 0. The minimum absolute atomic E-state index is 0.160. The standard InChI is InChI=1S/C14H19NOS/c1-3-17-9-8-15-7-6-13-10-12(11(2)16)4-5-14(13)15/h4-5,10H,3,6-9H2,1-2H3. The fraction of sp³-hybridized carbons (Fsp3) is 0.500. The van der Waals surface area contributed by atoms with E-state index in [1.54, 1.807) is 6.92 Å². The van der Waals surface area contributed by atoms with Crippen molar-refractivity contribution in [1.29, 1.82) is 0 Å². The minimum Gasteiger partial charge on any atom is -0.370 e. The van der Waals surface area contributed by atoms with Gasteiger partial charge < -0.3 is 4.90 Å². The van der Waals surface area contributed by atoms with Gasteiger partial charge in [-0.2, -0.15) is 11.8 Å². The van der Waals surface area contributed by atoms with Crippen molar-refractivity contribution in [2.45, 2.75) is 20.3 Å². The molecule has 0 aliphatic carbocycles. The van der Waals surface area contributed by atoms with E-state index in [2.05, 4.69) is 24.0 Å². The van der Waals surface area contributed by atoms with Crippen LogP contribution >= 0.6 is 11.8 Å². The molecule has 2 nitrogen and oxygen atoms in total. The molecule has 1 aliphatic heterocycles. The van der Waals surface area contributed by atoms with E-state index in [4.69, 9.17) is 0 Å². The van der Waals surface area contributed by atoms with E-state index in [0.717, 1.165) is 25.1 Å². The zero-order valence-electron chi connectivity index (χ0n) is 10.5. The van der Waals surface area contributed by atoms with Crippen molar-refractivity contribution < 1.29 is 4.79 Å². The second kappa shape index (κ2) is 5.58. The molecule has 0 bridgehead atoms. The summed E-state index contributed by atoms with van der Waals surface area (Å²) in [5.41, 5.74) is 3.50. The maximum atomic E-state index is 11.3.